The molecule has 0 aromatic carbocycles. The van der Waals surface area contributed by atoms with Gasteiger partial charge in [-0.25, -0.2) is 5.43 Å². The number of hydrogen-bond acceptors (Lipinski definition) is 12. The Morgan fingerprint density at radius 2 is 1.78 bits per heavy atom. The maximum absolute atomic E-state index is 11.9. The first kappa shape index (κ1) is 29.3. The number of pyridine rings is 1. The number of aromatic nitrogens is 1. The van der Waals surface area contributed by atoms with Crippen LogP contribution in [0.4, 0.5) is 5.69 Å². The highest BCUT2D eigenvalue weighted by molar-refractivity contribution is 5.64. The lowest BCUT2D eigenvalue weighted by Crippen LogP contribution is -2.55. The monoisotopic (exact) mass is 525 g/mol. The second-order valence-corrected chi connectivity index (χ2v) is 9.68. The van der Waals surface area contributed by atoms with Gasteiger partial charge in [0.2, 0.25) is 11.9 Å². The first-order valence-electron chi connectivity index (χ1n) is 12.9. The molecule has 10 N–H and O–H groups in total. The van der Waals surface area contributed by atoms with Gasteiger partial charge in [-0.3, -0.25) is 5.01 Å². The fourth-order valence-corrected chi connectivity index (χ4v) is 4.93. The number of carbonyl (C=O) groups is 2. The van der Waals surface area contributed by atoms with Crippen molar-refractivity contribution in [1.29, 1.82) is 0 Å². The van der Waals surface area contributed by atoms with Crippen LogP contribution >= 0.6 is 0 Å². The van der Waals surface area contributed by atoms with Crippen LogP contribution in [-0.2, 0) is 26.5 Å². The number of aliphatic hydroxyl groups is 4. The van der Waals surface area contributed by atoms with E-state index in [1.54, 1.807) is 17.3 Å². The minimum atomic E-state index is -1.60. The number of fused-ring (bicyclic) bond motifs is 3. The van der Waals surface area contributed by atoms with Gasteiger partial charge >= 0.3 is 0 Å². The molecule has 0 radical (unpaired) electrons. The van der Waals surface area contributed by atoms with E-state index in [2.05, 4.69) is 10.9 Å². The zero-order chi connectivity index (χ0) is 27.0. The smallest absolute Gasteiger partial charge is 0.237 e. The maximum atomic E-state index is 11.9. The predicted octanol–water partition coefficient (Wildman–Crippen LogP) is -2.62. The molecule has 1 aromatic rings. The van der Waals surface area contributed by atoms with Crippen molar-refractivity contribution in [2.24, 2.45) is 11.5 Å². The maximum Gasteiger partial charge on any atom is 0.237 e. The molecule has 208 valence electrons. The van der Waals surface area contributed by atoms with Gasteiger partial charge in [-0.2, -0.15) is 5.43 Å². The Balaban J connectivity index is 1.97. The van der Waals surface area contributed by atoms with Crippen LogP contribution in [0.3, 0.4) is 0 Å². The molecule has 13 heteroatoms. The van der Waals surface area contributed by atoms with Crippen LogP contribution in [0, 0.1) is 0 Å². The fraction of sp³-hybridized carbons (Fsp3) is 0.708. The lowest BCUT2D eigenvalue weighted by atomic mass is 9.90. The van der Waals surface area contributed by atoms with E-state index in [0.29, 0.717) is 49.3 Å². The molecular formula is C24H41N6O7+. The van der Waals surface area contributed by atoms with Gasteiger partial charge in [-0.15, -0.1) is 0 Å². The summed E-state index contributed by atoms with van der Waals surface area (Å²) in [6.45, 7) is 0.0996. The van der Waals surface area contributed by atoms with Gasteiger partial charge in [-0.1, -0.05) is 11.1 Å². The molecule has 0 spiro atoms. The van der Waals surface area contributed by atoms with Crippen LogP contribution in [0.15, 0.2) is 12.3 Å². The van der Waals surface area contributed by atoms with Crippen molar-refractivity contribution in [1.82, 2.24) is 5.43 Å². The number of ether oxygens (including phenoxy) is 1. The Morgan fingerprint density at radius 3 is 2.35 bits per heavy atom. The van der Waals surface area contributed by atoms with Crippen LogP contribution < -0.4 is 32.0 Å². The van der Waals surface area contributed by atoms with Gasteiger partial charge in [0.05, 0.1) is 18.8 Å². The Morgan fingerprint density at radius 1 is 1.14 bits per heavy atom. The number of aldehydes is 2. The number of unbranched alkanes of at least 4 members (excludes halogenated alkanes) is 2. The number of hydrazine groups is 1. The molecule has 0 amide bonds. The van der Waals surface area contributed by atoms with Crippen molar-refractivity contribution < 1.29 is 39.4 Å². The van der Waals surface area contributed by atoms with Crippen molar-refractivity contribution in [3.8, 4) is 0 Å². The molecule has 0 aliphatic carbocycles. The largest absolute Gasteiger partial charge is 0.394 e. The quantitative estimate of drug-likeness (QED) is 0.0598. The number of nitrogens with two attached hydrogens (primary N) is 2. The molecule has 6 atom stereocenters. The van der Waals surface area contributed by atoms with Gasteiger partial charge in [0.1, 0.15) is 42.6 Å². The van der Waals surface area contributed by atoms with Crippen molar-refractivity contribution in [2.45, 2.75) is 87.7 Å². The molecule has 1 saturated heterocycles. The number of hydrogen-bond donors (Lipinski definition) is 8. The molecule has 1 aromatic heterocycles. The Hall–Kier alpha value is -2.23. The van der Waals surface area contributed by atoms with E-state index in [4.69, 9.17) is 16.2 Å². The van der Waals surface area contributed by atoms with Crippen LogP contribution in [0.25, 0.3) is 0 Å². The molecule has 2 aliphatic rings. The molecule has 4 unspecified atom stereocenters. The van der Waals surface area contributed by atoms with Gasteiger partial charge < -0.3 is 46.2 Å². The standard InChI is InChI=1S/C24H41N6O7/c25-7-3-1-5-16(12-31)27-29-11-20-19(9-18(29)14-33)24(36)10-22(21(35)15-34)37-23(24)30(20)28-17(13-32)6-2-4-8-26/h9,11-13,16-17,21-23,27-28,33-36H,1-8,10,14-15,25-26H2/q+1/t16-,17-,21?,22?,23?,24?/m0/s1. The topological polar surface area (TPSA) is 208 Å². The van der Waals surface area contributed by atoms with E-state index < -0.39 is 42.7 Å². The minimum Gasteiger partial charge on any atom is -0.394 e. The van der Waals surface area contributed by atoms with Gasteiger partial charge in [-0.05, 0) is 45.2 Å². The lowest BCUT2D eigenvalue weighted by molar-refractivity contribution is -0.661. The minimum absolute atomic E-state index is 0.0120. The van der Waals surface area contributed by atoms with Crippen molar-refractivity contribution in [3.05, 3.63) is 23.5 Å². The molecule has 0 bridgehead atoms. The summed E-state index contributed by atoms with van der Waals surface area (Å²) >= 11 is 0. The summed E-state index contributed by atoms with van der Waals surface area (Å²) in [5.74, 6) is 0. The van der Waals surface area contributed by atoms with E-state index in [0.717, 1.165) is 31.8 Å². The number of aliphatic hydroxyl groups excluding tert-OH is 3. The normalized spacial score (nSPS) is 24.9. The number of nitrogens with zero attached hydrogens (tertiary/aromatic N) is 2. The van der Waals surface area contributed by atoms with Crippen molar-refractivity contribution in [2.75, 3.05) is 30.1 Å². The summed E-state index contributed by atoms with van der Waals surface area (Å²) in [6, 6.07) is 0.467. The zero-order valence-electron chi connectivity index (χ0n) is 21.0. The Labute approximate surface area is 216 Å². The third-order valence-corrected chi connectivity index (χ3v) is 6.99. The summed E-state index contributed by atoms with van der Waals surface area (Å²) in [6.07, 6.45) is 4.14. The van der Waals surface area contributed by atoms with E-state index >= 15 is 0 Å². The summed E-state index contributed by atoms with van der Waals surface area (Å²) in [5.41, 5.74) is 17.1. The zero-order valence-corrected chi connectivity index (χ0v) is 21.0. The fourth-order valence-electron chi connectivity index (χ4n) is 4.93. The third-order valence-electron chi connectivity index (χ3n) is 6.99. The lowest BCUT2D eigenvalue weighted by Gasteiger charge is -2.31. The first-order valence-corrected chi connectivity index (χ1v) is 12.9. The molecule has 3 heterocycles. The molecular weight excluding hydrogens is 484 g/mol. The van der Waals surface area contributed by atoms with Crippen molar-refractivity contribution >= 4 is 18.3 Å². The summed E-state index contributed by atoms with van der Waals surface area (Å²) < 4.78 is 7.53. The van der Waals surface area contributed by atoms with Crippen LogP contribution in [-0.4, -0.2) is 83.2 Å². The summed E-state index contributed by atoms with van der Waals surface area (Å²) in [7, 11) is 0. The van der Waals surface area contributed by atoms with Crippen LogP contribution in [0.2, 0.25) is 0 Å². The molecule has 3 rings (SSSR count). The van der Waals surface area contributed by atoms with Gasteiger partial charge in [0.25, 0.3) is 0 Å². The van der Waals surface area contributed by atoms with Crippen LogP contribution in [0.1, 0.15) is 56.2 Å². The van der Waals surface area contributed by atoms with Gasteiger partial charge in [0.15, 0.2) is 6.23 Å². The molecule has 37 heavy (non-hydrogen) atoms. The van der Waals surface area contributed by atoms with E-state index in [1.165, 1.54) is 4.68 Å². The number of rotatable bonds is 17. The highest BCUT2D eigenvalue weighted by Crippen LogP contribution is 2.51. The third kappa shape index (κ3) is 6.44. The summed E-state index contributed by atoms with van der Waals surface area (Å²) in [4.78, 5) is 23.6. The number of anilines is 1. The highest BCUT2D eigenvalue weighted by Gasteiger charge is 2.60. The van der Waals surface area contributed by atoms with E-state index in [-0.39, 0.29) is 13.0 Å². The Bertz CT molecular complexity index is 909. The molecule has 1 fully saturated rings. The summed E-state index contributed by atoms with van der Waals surface area (Å²) in [5, 5.41) is 43.0. The van der Waals surface area contributed by atoms with Gasteiger partial charge in [0, 0.05) is 18.1 Å². The van der Waals surface area contributed by atoms with E-state index in [9.17, 15) is 30.0 Å². The van der Waals surface area contributed by atoms with Crippen molar-refractivity contribution in [3.63, 3.8) is 0 Å². The molecule has 2 aliphatic heterocycles. The second-order valence-electron chi connectivity index (χ2n) is 9.68. The number of carbonyl (C=O) groups excluding carboxylic acids is 2. The SMILES string of the molecule is NCCCC[C@@H](C=O)NN1c2c[n+](N[C@H](C=O)CCCCN)c(CO)cc2C2(O)CC(C(O)CO)OC12. The van der Waals surface area contributed by atoms with Crippen LogP contribution in [0.5, 0.6) is 0 Å². The average molecular weight is 526 g/mol. The number of nitrogens with one attached hydrogen (secondary N) is 2. The Kier molecular flexibility index (Phi) is 10.7. The first-order chi connectivity index (χ1) is 17.9. The predicted molar refractivity (Wildman–Crippen MR) is 133 cm³/mol. The molecule has 13 nitrogen and oxygen atoms in total. The molecule has 0 saturated carbocycles. The van der Waals surface area contributed by atoms with E-state index in [1.807, 2.05) is 0 Å². The second kappa shape index (κ2) is 13.5. The average Bonchev–Trinajstić information content (AvgIpc) is 3.36. The highest BCUT2D eigenvalue weighted by atomic mass is 16.6.